The van der Waals surface area contributed by atoms with Gasteiger partial charge in [-0.3, -0.25) is 9.59 Å². The summed E-state index contributed by atoms with van der Waals surface area (Å²) in [5, 5.41) is 6.03. The van der Waals surface area contributed by atoms with Gasteiger partial charge in [-0.2, -0.15) is 0 Å². The van der Waals surface area contributed by atoms with Crippen molar-refractivity contribution in [2.24, 2.45) is 5.41 Å². The van der Waals surface area contributed by atoms with Crippen LogP contribution in [0, 0.1) is 5.41 Å². The second-order valence-electron chi connectivity index (χ2n) is 5.07. The number of likely N-dealkylation sites (N-methyl/N-ethyl adjacent to an activating group) is 1. The second kappa shape index (κ2) is 6.73. The van der Waals surface area contributed by atoms with Gasteiger partial charge in [0.2, 0.25) is 11.8 Å². The normalized spacial score (nSPS) is 22.8. The standard InChI is InChI=1S/C13H25N3O2/c1-4-7-15-11(17)9-16(3)12(18)13(5-2)6-8-14-10-13/h14H,4-10H2,1-3H3,(H,15,17). The van der Waals surface area contributed by atoms with Crippen molar-refractivity contribution in [2.75, 3.05) is 33.2 Å². The predicted octanol–water partition coefficient (Wildman–Crippen LogP) is 0.361. The van der Waals surface area contributed by atoms with E-state index >= 15 is 0 Å². The first kappa shape index (κ1) is 15.0. The molecule has 1 rings (SSSR count). The van der Waals surface area contributed by atoms with Gasteiger partial charge in [-0.25, -0.2) is 0 Å². The van der Waals surface area contributed by atoms with Crippen LogP contribution in [0.4, 0.5) is 0 Å². The molecule has 0 aliphatic carbocycles. The highest BCUT2D eigenvalue weighted by molar-refractivity contribution is 5.88. The molecule has 1 fully saturated rings. The van der Waals surface area contributed by atoms with E-state index in [1.807, 2.05) is 13.8 Å². The van der Waals surface area contributed by atoms with Gasteiger partial charge < -0.3 is 15.5 Å². The summed E-state index contributed by atoms with van der Waals surface area (Å²) in [5.41, 5.74) is -0.306. The zero-order valence-electron chi connectivity index (χ0n) is 11.7. The third-order valence-electron chi connectivity index (χ3n) is 3.67. The van der Waals surface area contributed by atoms with Gasteiger partial charge in [0.25, 0.3) is 0 Å². The summed E-state index contributed by atoms with van der Waals surface area (Å²) in [6.07, 6.45) is 2.59. The molecule has 0 aromatic heterocycles. The summed E-state index contributed by atoms with van der Waals surface area (Å²) in [7, 11) is 1.71. The zero-order valence-corrected chi connectivity index (χ0v) is 11.7. The van der Waals surface area contributed by atoms with Gasteiger partial charge in [0, 0.05) is 20.1 Å². The highest BCUT2D eigenvalue weighted by atomic mass is 16.2. The fraction of sp³-hybridized carbons (Fsp3) is 0.846. The van der Waals surface area contributed by atoms with E-state index in [1.54, 1.807) is 11.9 Å². The summed E-state index contributed by atoms with van der Waals surface area (Å²) in [6, 6.07) is 0. The average molecular weight is 255 g/mol. The van der Waals surface area contributed by atoms with Crippen LogP contribution in [0.2, 0.25) is 0 Å². The molecule has 2 amide bonds. The minimum Gasteiger partial charge on any atom is -0.355 e. The number of nitrogens with zero attached hydrogens (tertiary/aromatic N) is 1. The molecule has 1 heterocycles. The van der Waals surface area contributed by atoms with E-state index in [0.717, 1.165) is 32.4 Å². The van der Waals surface area contributed by atoms with Gasteiger partial charge in [-0.05, 0) is 25.8 Å². The van der Waals surface area contributed by atoms with E-state index in [9.17, 15) is 9.59 Å². The van der Waals surface area contributed by atoms with Gasteiger partial charge in [0.1, 0.15) is 0 Å². The number of carbonyl (C=O) groups is 2. The molecule has 0 bridgehead atoms. The maximum atomic E-state index is 12.4. The number of hydrogen-bond donors (Lipinski definition) is 2. The van der Waals surface area contributed by atoms with Gasteiger partial charge in [-0.1, -0.05) is 13.8 Å². The smallest absolute Gasteiger partial charge is 0.239 e. The molecule has 1 aliphatic rings. The molecule has 1 unspecified atom stereocenters. The largest absolute Gasteiger partial charge is 0.355 e. The number of carbonyl (C=O) groups excluding carboxylic acids is 2. The van der Waals surface area contributed by atoms with E-state index in [4.69, 9.17) is 0 Å². The third-order valence-corrected chi connectivity index (χ3v) is 3.67. The molecule has 0 saturated carbocycles. The molecule has 5 heteroatoms. The minimum atomic E-state index is -0.306. The molecular weight excluding hydrogens is 230 g/mol. The van der Waals surface area contributed by atoms with E-state index in [1.165, 1.54) is 0 Å². The lowest BCUT2D eigenvalue weighted by Gasteiger charge is -2.30. The van der Waals surface area contributed by atoms with Crippen LogP contribution in [-0.2, 0) is 9.59 Å². The maximum Gasteiger partial charge on any atom is 0.239 e. The SMILES string of the molecule is CCCNC(=O)CN(C)C(=O)C1(CC)CCNC1. The fourth-order valence-corrected chi connectivity index (χ4v) is 2.39. The first-order valence-corrected chi connectivity index (χ1v) is 6.78. The van der Waals surface area contributed by atoms with Crippen LogP contribution in [0.3, 0.4) is 0 Å². The number of nitrogens with one attached hydrogen (secondary N) is 2. The first-order chi connectivity index (χ1) is 8.55. The fourth-order valence-electron chi connectivity index (χ4n) is 2.39. The Morgan fingerprint density at radius 3 is 2.61 bits per heavy atom. The molecule has 0 aromatic rings. The van der Waals surface area contributed by atoms with Crippen LogP contribution in [0.5, 0.6) is 0 Å². The quantitative estimate of drug-likeness (QED) is 0.720. The van der Waals surface area contributed by atoms with Gasteiger partial charge in [0.05, 0.1) is 12.0 Å². The number of hydrogen-bond acceptors (Lipinski definition) is 3. The van der Waals surface area contributed by atoms with Crippen molar-refractivity contribution in [2.45, 2.75) is 33.1 Å². The predicted molar refractivity (Wildman–Crippen MR) is 71.1 cm³/mol. The topological polar surface area (TPSA) is 61.4 Å². The van der Waals surface area contributed by atoms with Crippen molar-refractivity contribution in [3.63, 3.8) is 0 Å². The van der Waals surface area contributed by atoms with Crippen molar-refractivity contribution in [1.82, 2.24) is 15.5 Å². The molecule has 1 aliphatic heterocycles. The van der Waals surface area contributed by atoms with Crippen LogP contribution in [-0.4, -0.2) is 49.9 Å². The molecular formula is C13H25N3O2. The van der Waals surface area contributed by atoms with Crippen LogP contribution < -0.4 is 10.6 Å². The summed E-state index contributed by atoms with van der Waals surface area (Å²) >= 11 is 0. The summed E-state index contributed by atoms with van der Waals surface area (Å²) in [6.45, 7) is 6.47. The Bertz CT molecular complexity index is 299. The third kappa shape index (κ3) is 3.45. The lowest BCUT2D eigenvalue weighted by Crippen LogP contribution is -2.47. The van der Waals surface area contributed by atoms with E-state index in [2.05, 4.69) is 10.6 Å². The Morgan fingerprint density at radius 1 is 1.39 bits per heavy atom. The monoisotopic (exact) mass is 255 g/mol. The zero-order chi connectivity index (χ0) is 13.6. The summed E-state index contributed by atoms with van der Waals surface area (Å²) in [4.78, 5) is 25.6. The number of rotatable bonds is 6. The van der Waals surface area contributed by atoms with Gasteiger partial charge in [-0.15, -0.1) is 0 Å². The van der Waals surface area contributed by atoms with Crippen LogP contribution in [0.15, 0.2) is 0 Å². The highest BCUT2D eigenvalue weighted by Crippen LogP contribution is 2.31. The lowest BCUT2D eigenvalue weighted by atomic mass is 9.83. The van der Waals surface area contributed by atoms with E-state index < -0.39 is 0 Å². The Labute approximate surface area is 109 Å². The van der Waals surface area contributed by atoms with E-state index in [0.29, 0.717) is 6.54 Å². The summed E-state index contributed by atoms with van der Waals surface area (Å²) in [5.74, 6) is 0.00607. The highest BCUT2D eigenvalue weighted by Gasteiger charge is 2.41. The molecule has 104 valence electrons. The van der Waals surface area contributed by atoms with Crippen molar-refractivity contribution < 1.29 is 9.59 Å². The van der Waals surface area contributed by atoms with Gasteiger partial charge in [0.15, 0.2) is 0 Å². The summed E-state index contributed by atoms with van der Waals surface area (Å²) < 4.78 is 0. The molecule has 0 aromatic carbocycles. The lowest BCUT2D eigenvalue weighted by molar-refractivity contribution is -0.142. The molecule has 0 radical (unpaired) electrons. The van der Waals surface area contributed by atoms with Gasteiger partial charge >= 0.3 is 0 Å². The van der Waals surface area contributed by atoms with Crippen LogP contribution >= 0.6 is 0 Å². The average Bonchev–Trinajstić information content (AvgIpc) is 2.85. The molecule has 1 saturated heterocycles. The molecule has 18 heavy (non-hydrogen) atoms. The molecule has 5 nitrogen and oxygen atoms in total. The second-order valence-corrected chi connectivity index (χ2v) is 5.07. The van der Waals surface area contributed by atoms with Crippen LogP contribution in [0.1, 0.15) is 33.1 Å². The van der Waals surface area contributed by atoms with Crippen molar-refractivity contribution in [3.05, 3.63) is 0 Å². The van der Waals surface area contributed by atoms with E-state index in [-0.39, 0.29) is 23.8 Å². The van der Waals surface area contributed by atoms with Crippen LogP contribution in [0.25, 0.3) is 0 Å². The number of amides is 2. The minimum absolute atomic E-state index is 0.0788. The Morgan fingerprint density at radius 2 is 2.11 bits per heavy atom. The first-order valence-electron chi connectivity index (χ1n) is 6.78. The molecule has 1 atom stereocenters. The van der Waals surface area contributed by atoms with Crippen molar-refractivity contribution >= 4 is 11.8 Å². The Balaban J connectivity index is 2.52. The molecule has 0 spiro atoms. The maximum absolute atomic E-state index is 12.4. The Hall–Kier alpha value is -1.10. The Kier molecular flexibility index (Phi) is 5.59. The molecule has 2 N–H and O–H groups in total. The van der Waals surface area contributed by atoms with Crippen molar-refractivity contribution in [3.8, 4) is 0 Å². The van der Waals surface area contributed by atoms with Crippen molar-refractivity contribution in [1.29, 1.82) is 0 Å².